The van der Waals surface area contributed by atoms with Gasteiger partial charge >= 0.3 is 0 Å². The first-order valence-electron chi connectivity index (χ1n) is 11.3. The summed E-state index contributed by atoms with van der Waals surface area (Å²) in [5.41, 5.74) is 3.03. The monoisotopic (exact) mass is 491 g/mol. The number of rotatable bonds is 6. The Morgan fingerprint density at radius 3 is 2.00 bits per heavy atom. The van der Waals surface area contributed by atoms with Crippen molar-refractivity contribution in [1.29, 1.82) is 5.26 Å². The van der Waals surface area contributed by atoms with E-state index < -0.39 is 0 Å². The Hall–Kier alpha value is -2.28. The molecular formula is C28H39Cl2NO2. The lowest BCUT2D eigenvalue weighted by Crippen LogP contribution is -2.02. The summed E-state index contributed by atoms with van der Waals surface area (Å²) in [5, 5.41) is 8.76. The van der Waals surface area contributed by atoms with Crippen LogP contribution in [0.4, 0.5) is 0 Å². The van der Waals surface area contributed by atoms with Gasteiger partial charge in [-0.3, -0.25) is 4.79 Å². The summed E-state index contributed by atoms with van der Waals surface area (Å²) in [4.78, 5) is 11.9. The number of Topliss-reactive ketones (excluding diaryl/α,β-unsaturated/α-hetero) is 1. The number of hydrogen-bond acceptors (Lipinski definition) is 3. The van der Waals surface area contributed by atoms with Gasteiger partial charge < -0.3 is 4.74 Å². The minimum absolute atomic E-state index is 0.0272. The summed E-state index contributed by atoms with van der Waals surface area (Å²) in [6.45, 7) is 20.2. The lowest BCUT2D eigenvalue weighted by atomic mass is 9.97. The molecule has 0 aliphatic rings. The summed E-state index contributed by atoms with van der Waals surface area (Å²) in [7, 11) is 0. The number of carbonyl (C=O) groups excluding carboxylic acids is 1. The number of halogens is 2. The van der Waals surface area contributed by atoms with Crippen molar-refractivity contribution in [2.24, 2.45) is 5.92 Å². The predicted octanol–water partition coefficient (Wildman–Crippen LogP) is 9.48. The van der Waals surface area contributed by atoms with Crippen LogP contribution in [0, 0.1) is 24.2 Å². The summed E-state index contributed by atoms with van der Waals surface area (Å²) >= 11 is 12.3. The number of hydrogen-bond donors (Lipinski definition) is 0. The third-order valence-corrected chi connectivity index (χ3v) is 4.50. The molecule has 0 unspecified atom stereocenters. The molecule has 2 aromatic carbocycles. The first-order chi connectivity index (χ1) is 15.6. The molecular weight excluding hydrogens is 453 g/mol. The van der Waals surface area contributed by atoms with E-state index in [0.29, 0.717) is 34.2 Å². The van der Waals surface area contributed by atoms with E-state index >= 15 is 0 Å². The second-order valence-electron chi connectivity index (χ2n) is 7.46. The van der Waals surface area contributed by atoms with Crippen molar-refractivity contribution >= 4 is 34.6 Å². The lowest BCUT2D eigenvalue weighted by Gasteiger charge is -2.13. The predicted molar refractivity (Wildman–Crippen MR) is 144 cm³/mol. The summed E-state index contributed by atoms with van der Waals surface area (Å²) in [6, 6.07) is 12.9. The Kier molecular flexibility index (Phi) is 19.2. The fourth-order valence-electron chi connectivity index (χ4n) is 2.21. The number of ketones is 1. The zero-order valence-electron chi connectivity index (χ0n) is 21.4. The zero-order valence-corrected chi connectivity index (χ0v) is 22.9. The van der Waals surface area contributed by atoms with E-state index in [-0.39, 0.29) is 12.4 Å². The van der Waals surface area contributed by atoms with Gasteiger partial charge in [-0.05, 0) is 48.2 Å². The summed E-state index contributed by atoms with van der Waals surface area (Å²) in [6.07, 6.45) is 1.05. The van der Waals surface area contributed by atoms with Crippen molar-refractivity contribution in [1.82, 2.24) is 0 Å². The first kappa shape index (κ1) is 32.9. The third-order valence-electron chi connectivity index (χ3n) is 3.79. The topological polar surface area (TPSA) is 50.1 Å². The van der Waals surface area contributed by atoms with E-state index in [9.17, 15) is 4.79 Å². The highest BCUT2D eigenvalue weighted by atomic mass is 35.5. The molecule has 0 bridgehead atoms. The van der Waals surface area contributed by atoms with Crippen LogP contribution < -0.4 is 4.74 Å². The van der Waals surface area contributed by atoms with E-state index in [2.05, 4.69) is 27.4 Å². The van der Waals surface area contributed by atoms with Crippen LogP contribution in [0.1, 0.15) is 78.0 Å². The van der Waals surface area contributed by atoms with Crippen molar-refractivity contribution in [2.45, 2.75) is 74.8 Å². The Labute approximate surface area is 211 Å². The Morgan fingerprint density at radius 1 is 1.09 bits per heavy atom. The van der Waals surface area contributed by atoms with E-state index in [1.54, 1.807) is 18.2 Å². The van der Waals surface area contributed by atoms with E-state index in [0.717, 1.165) is 22.6 Å². The minimum atomic E-state index is 0.0272. The molecule has 182 valence electrons. The van der Waals surface area contributed by atoms with Gasteiger partial charge in [0.2, 0.25) is 0 Å². The van der Waals surface area contributed by atoms with Gasteiger partial charge in [0.05, 0.1) is 6.07 Å². The maximum atomic E-state index is 11.9. The van der Waals surface area contributed by atoms with Crippen molar-refractivity contribution in [2.75, 3.05) is 0 Å². The van der Waals surface area contributed by atoms with Crippen LogP contribution in [-0.2, 0) is 11.4 Å². The van der Waals surface area contributed by atoms with Crippen LogP contribution in [0.15, 0.2) is 43.0 Å². The van der Waals surface area contributed by atoms with Crippen molar-refractivity contribution in [3.05, 3.63) is 69.7 Å². The average molecular weight is 493 g/mol. The van der Waals surface area contributed by atoms with E-state index in [1.807, 2.05) is 58.9 Å². The van der Waals surface area contributed by atoms with Gasteiger partial charge in [-0.25, -0.2) is 0 Å². The largest absolute Gasteiger partial charge is 0.489 e. The molecule has 2 rings (SSSR count). The molecule has 0 saturated heterocycles. The van der Waals surface area contributed by atoms with Crippen molar-refractivity contribution < 1.29 is 9.53 Å². The number of nitrogens with zero attached hydrogens (tertiary/aromatic N) is 1. The van der Waals surface area contributed by atoms with Crippen LogP contribution in [0.2, 0.25) is 10.0 Å². The Balaban J connectivity index is 0. The molecule has 0 amide bonds. The van der Waals surface area contributed by atoms with Crippen molar-refractivity contribution in [3.8, 4) is 11.8 Å². The molecule has 0 radical (unpaired) electrons. The van der Waals surface area contributed by atoms with Crippen LogP contribution in [0.3, 0.4) is 0 Å². The minimum Gasteiger partial charge on any atom is -0.489 e. The first-order valence-corrected chi connectivity index (χ1v) is 12.1. The smallest absolute Gasteiger partial charge is 0.162 e. The molecule has 0 fully saturated rings. The molecule has 33 heavy (non-hydrogen) atoms. The standard InChI is InChI=1S/C19H18Cl2O2.C4H10.C3H5N.C2H6/c1-4-19(22)13(3)15-10-14(9-8-12(15)2)23-11-16-17(20)6-5-7-18(16)21;1-4(2)3;1-2-3-4;1-2/h5-10H,3-4,11H2,1-2H3;4H,1-3H3;2H2,1H3;1-2H3. The number of carbonyl (C=O) groups is 1. The van der Waals surface area contributed by atoms with Crippen LogP contribution >= 0.6 is 23.2 Å². The average Bonchev–Trinajstić information content (AvgIpc) is 2.79. The van der Waals surface area contributed by atoms with Crippen LogP contribution in [0.5, 0.6) is 5.75 Å². The van der Waals surface area contributed by atoms with Crippen LogP contribution in [0.25, 0.3) is 5.57 Å². The number of allylic oxidation sites excluding steroid dienone is 1. The molecule has 0 aromatic heterocycles. The highest BCUT2D eigenvalue weighted by Gasteiger charge is 2.12. The number of ether oxygens (including phenoxy) is 1. The molecule has 0 saturated carbocycles. The van der Waals surface area contributed by atoms with Gasteiger partial charge in [0.1, 0.15) is 12.4 Å². The molecule has 0 aliphatic carbocycles. The highest BCUT2D eigenvalue weighted by Crippen LogP contribution is 2.28. The summed E-state index contributed by atoms with van der Waals surface area (Å²) in [5.74, 6) is 1.51. The molecule has 5 heteroatoms. The Morgan fingerprint density at radius 2 is 1.58 bits per heavy atom. The van der Waals surface area contributed by atoms with Gasteiger partial charge in [0, 0.05) is 34.0 Å². The maximum Gasteiger partial charge on any atom is 0.162 e. The SMILES string of the molecule is C=C(C(=O)CC)c1cc(OCc2c(Cl)cccc2Cl)ccc1C.CC.CC(C)C.CCC#N. The van der Waals surface area contributed by atoms with Gasteiger partial charge in [-0.2, -0.15) is 5.26 Å². The fraction of sp³-hybridized carbons (Fsp3) is 0.429. The van der Waals surface area contributed by atoms with Gasteiger partial charge in [-0.15, -0.1) is 0 Å². The molecule has 0 N–H and O–H groups in total. The molecule has 0 spiro atoms. The Bertz CT molecular complexity index is 876. The normalized spacial score (nSPS) is 9.15. The summed E-state index contributed by atoms with van der Waals surface area (Å²) < 4.78 is 5.79. The van der Waals surface area contributed by atoms with Gasteiger partial charge in [0.15, 0.2) is 5.78 Å². The number of nitriles is 1. The van der Waals surface area contributed by atoms with Crippen LogP contribution in [-0.4, -0.2) is 5.78 Å². The number of aryl methyl sites for hydroxylation is 1. The molecule has 0 aliphatic heterocycles. The van der Waals surface area contributed by atoms with E-state index in [4.69, 9.17) is 33.2 Å². The molecule has 0 heterocycles. The highest BCUT2D eigenvalue weighted by molar-refractivity contribution is 6.35. The number of benzene rings is 2. The third kappa shape index (κ3) is 13.8. The van der Waals surface area contributed by atoms with Gasteiger partial charge in [-0.1, -0.05) is 90.4 Å². The second kappa shape index (κ2) is 19.2. The second-order valence-corrected chi connectivity index (χ2v) is 8.28. The van der Waals surface area contributed by atoms with Gasteiger partial charge in [0.25, 0.3) is 0 Å². The maximum absolute atomic E-state index is 11.9. The zero-order chi connectivity index (χ0) is 26.0. The molecule has 3 nitrogen and oxygen atoms in total. The van der Waals surface area contributed by atoms with E-state index in [1.165, 1.54) is 0 Å². The quantitative estimate of drug-likeness (QED) is 0.377. The fourth-order valence-corrected chi connectivity index (χ4v) is 2.71. The molecule has 0 atom stereocenters. The van der Waals surface area contributed by atoms with Crippen molar-refractivity contribution in [3.63, 3.8) is 0 Å². The lowest BCUT2D eigenvalue weighted by molar-refractivity contribution is -0.113. The molecule has 2 aromatic rings.